The van der Waals surface area contributed by atoms with Gasteiger partial charge in [-0.25, -0.2) is 4.52 Å². The van der Waals surface area contributed by atoms with Crippen molar-refractivity contribution in [3.05, 3.63) is 23.4 Å². The minimum absolute atomic E-state index is 0.0326. The van der Waals surface area contributed by atoms with Crippen LogP contribution in [0.3, 0.4) is 0 Å². The van der Waals surface area contributed by atoms with Crippen LogP contribution in [0.15, 0.2) is 18.3 Å². The number of ether oxygens (including phenoxy) is 1. The van der Waals surface area contributed by atoms with Gasteiger partial charge in [-0.15, -0.1) is 5.10 Å². The Morgan fingerprint density at radius 3 is 3.00 bits per heavy atom. The zero-order valence-corrected chi connectivity index (χ0v) is 10.9. The highest BCUT2D eigenvalue weighted by Crippen LogP contribution is 2.34. The van der Waals surface area contributed by atoms with Crippen LogP contribution in [0.1, 0.15) is 19.3 Å². The summed E-state index contributed by atoms with van der Waals surface area (Å²) < 4.78 is 7.21. The number of halogens is 1. The number of pyridine rings is 1. The molecule has 0 bridgehead atoms. The number of nitrogens with one attached hydrogen (secondary N) is 1. The Morgan fingerprint density at radius 2 is 2.33 bits per heavy atom. The van der Waals surface area contributed by atoms with Crippen molar-refractivity contribution in [1.82, 2.24) is 14.6 Å². The fourth-order valence-corrected chi connectivity index (χ4v) is 2.35. The lowest BCUT2D eigenvalue weighted by atomic mass is 9.80. The van der Waals surface area contributed by atoms with Gasteiger partial charge in [0.2, 0.25) is 5.95 Å². The van der Waals surface area contributed by atoms with Gasteiger partial charge in [0.05, 0.1) is 10.6 Å². The number of hydrogen-bond donors (Lipinski definition) is 1. The van der Waals surface area contributed by atoms with E-state index in [-0.39, 0.29) is 5.60 Å². The fraction of sp³-hybridized carbons (Fsp3) is 0.500. The minimum atomic E-state index is -0.0326. The quantitative estimate of drug-likeness (QED) is 0.923. The molecule has 1 fully saturated rings. The van der Waals surface area contributed by atoms with Gasteiger partial charge in [-0.2, -0.15) is 4.98 Å². The van der Waals surface area contributed by atoms with Gasteiger partial charge in [0, 0.05) is 19.9 Å². The van der Waals surface area contributed by atoms with E-state index in [1.54, 1.807) is 23.9 Å². The summed E-state index contributed by atoms with van der Waals surface area (Å²) in [6, 6.07) is 3.65. The molecule has 1 aliphatic rings. The molecule has 0 saturated heterocycles. The van der Waals surface area contributed by atoms with E-state index in [2.05, 4.69) is 15.4 Å². The maximum Gasteiger partial charge on any atom is 0.243 e. The predicted octanol–water partition coefficient (Wildman–Crippen LogP) is 2.36. The van der Waals surface area contributed by atoms with Crippen molar-refractivity contribution in [2.24, 2.45) is 0 Å². The average Bonchev–Trinajstić information content (AvgIpc) is 2.70. The lowest BCUT2D eigenvalue weighted by Crippen LogP contribution is -2.45. The van der Waals surface area contributed by atoms with Crippen molar-refractivity contribution < 1.29 is 4.74 Å². The monoisotopic (exact) mass is 266 g/mol. The molecule has 0 atom stereocenters. The largest absolute Gasteiger partial charge is 0.376 e. The van der Waals surface area contributed by atoms with Crippen LogP contribution in [0.4, 0.5) is 5.95 Å². The van der Waals surface area contributed by atoms with Gasteiger partial charge in [-0.05, 0) is 31.4 Å². The Hall–Kier alpha value is -1.33. The molecule has 0 spiro atoms. The standard InChI is InChI=1S/C12H15ClN4O/c1-18-12(5-2-6-12)8-14-11-15-10-4-3-9(13)7-17(10)16-11/h3-4,7H,2,5-6,8H2,1H3,(H,14,16). The summed E-state index contributed by atoms with van der Waals surface area (Å²) in [5, 5.41) is 8.20. The zero-order chi connectivity index (χ0) is 12.6. The third-order valence-electron chi connectivity index (χ3n) is 3.56. The lowest BCUT2D eigenvalue weighted by molar-refractivity contribution is -0.0602. The van der Waals surface area contributed by atoms with Crippen molar-refractivity contribution in [3.63, 3.8) is 0 Å². The van der Waals surface area contributed by atoms with Crippen LogP contribution in [0.5, 0.6) is 0 Å². The van der Waals surface area contributed by atoms with E-state index >= 15 is 0 Å². The number of aromatic nitrogens is 3. The summed E-state index contributed by atoms with van der Waals surface area (Å²) in [7, 11) is 1.76. The molecule has 5 nitrogen and oxygen atoms in total. The molecular formula is C12H15ClN4O. The Bertz CT molecular complexity index is 559. The van der Waals surface area contributed by atoms with Crippen LogP contribution < -0.4 is 5.32 Å². The van der Waals surface area contributed by atoms with E-state index in [0.717, 1.165) is 25.0 Å². The molecule has 0 amide bonds. The van der Waals surface area contributed by atoms with Crippen LogP contribution in [0.25, 0.3) is 5.65 Å². The van der Waals surface area contributed by atoms with Crippen LogP contribution in [0.2, 0.25) is 5.02 Å². The van der Waals surface area contributed by atoms with E-state index < -0.39 is 0 Å². The number of fused-ring (bicyclic) bond motifs is 1. The molecule has 0 radical (unpaired) electrons. The molecule has 1 N–H and O–H groups in total. The Balaban J connectivity index is 1.74. The molecule has 6 heteroatoms. The first-order chi connectivity index (χ1) is 8.71. The summed E-state index contributed by atoms with van der Waals surface area (Å²) in [4.78, 5) is 4.38. The molecule has 1 aliphatic carbocycles. The summed E-state index contributed by atoms with van der Waals surface area (Å²) in [5.41, 5.74) is 0.747. The highest BCUT2D eigenvalue weighted by Gasteiger charge is 2.36. The molecule has 0 aliphatic heterocycles. The first-order valence-corrected chi connectivity index (χ1v) is 6.40. The van der Waals surface area contributed by atoms with E-state index in [0.29, 0.717) is 11.0 Å². The van der Waals surface area contributed by atoms with Gasteiger partial charge in [0.1, 0.15) is 0 Å². The molecule has 2 aromatic rings. The van der Waals surface area contributed by atoms with Crippen LogP contribution >= 0.6 is 11.6 Å². The number of hydrogen-bond acceptors (Lipinski definition) is 4. The van der Waals surface area contributed by atoms with E-state index in [1.165, 1.54) is 6.42 Å². The second-order valence-corrected chi connectivity index (χ2v) is 5.12. The van der Waals surface area contributed by atoms with Gasteiger partial charge in [0.25, 0.3) is 0 Å². The van der Waals surface area contributed by atoms with Crippen LogP contribution in [-0.4, -0.2) is 33.9 Å². The van der Waals surface area contributed by atoms with E-state index in [1.807, 2.05) is 6.07 Å². The predicted molar refractivity (Wildman–Crippen MR) is 70.1 cm³/mol. The van der Waals surface area contributed by atoms with Gasteiger partial charge >= 0.3 is 0 Å². The van der Waals surface area contributed by atoms with Gasteiger partial charge in [-0.1, -0.05) is 11.6 Å². The van der Waals surface area contributed by atoms with E-state index in [4.69, 9.17) is 16.3 Å². The van der Waals surface area contributed by atoms with Crippen molar-refractivity contribution in [2.75, 3.05) is 19.0 Å². The van der Waals surface area contributed by atoms with Crippen molar-refractivity contribution in [1.29, 1.82) is 0 Å². The van der Waals surface area contributed by atoms with Gasteiger partial charge < -0.3 is 10.1 Å². The molecule has 18 heavy (non-hydrogen) atoms. The maximum atomic E-state index is 5.90. The summed E-state index contributed by atoms with van der Waals surface area (Å²) in [5.74, 6) is 0.612. The summed E-state index contributed by atoms with van der Waals surface area (Å²) >= 11 is 5.90. The lowest BCUT2D eigenvalue weighted by Gasteiger charge is -2.40. The van der Waals surface area contributed by atoms with Gasteiger partial charge in [-0.3, -0.25) is 0 Å². The minimum Gasteiger partial charge on any atom is -0.376 e. The van der Waals surface area contributed by atoms with Crippen molar-refractivity contribution >= 4 is 23.2 Å². The fourth-order valence-electron chi connectivity index (χ4n) is 2.20. The smallest absolute Gasteiger partial charge is 0.243 e. The molecule has 0 unspecified atom stereocenters. The Morgan fingerprint density at radius 1 is 1.50 bits per heavy atom. The number of methoxy groups -OCH3 is 1. The molecule has 2 aromatic heterocycles. The van der Waals surface area contributed by atoms with Crippen molar-refractivity contribution in [2.45, 2.75) is 24.9 Å². The Labute approximate surface area is 110 Å². The number of rotatable bonds is 4. The highest BCUT2D eigenvalue weighted by atomic mass is 35.5. The van der Waals surface area contributed by atoms with Crippen LogP contribution in [-0.2, 0) is 4.74 Å². The first kappa shape index (κ1) is 11.7. The van der Waals surface area contributed by atoms with Crippen LogP contribution in [0, 0.1) is 0 Å². The first-order valence-electron chi connectivity index (χ1n) is 6.02. The third-order valence-corrected chi connectivity index (χ3v) is 3.78. The van der Waals surface area contributed by atoms with Gasteiger partial charge in [0.15, 0.2) is 5.65 Å². The molecule has 0 aromatic carbocycles. The third kappa shape index (κ3) is 2.04. The van der Waals surface area contributed by atoms with E-state index in [9.17, 15) is 0 Å². The average molecular weight is 267 g/mol. The maximum absolute atomic E-state index is 5.90. The van der Waals surface area contributed by atoms with Crippen molar-refractivity contribution in [3.8, 4) is 0 Å². The SMILES string of the molecule is COC1(CNc2nc3ccc(Cl)cn3n2)CCC1. The molecule has 96 valence electrons. The molecule has 1 saturated carbocycles. The highest BCUT2D eigenvalue weighted by molar-refractivity contribution is 6.30. The Kier molecular flexibility index (Phi) is 2.87. The summed E-state index contributed by atoms with van der Waals surface area (Å²) in [6.45, 7) is 0.744. The second-order valence-electron chi connectivity index (χ2n) is 4.68. The molecule has 2 heterocycles. The number of nitrogens with zero attached hydrogens (tertiary/aromatic N) is 3. The normalized spacial score (nSPS) is 17.7. The summed E-state index contributed by atoms with van der Waals surface area (Å²) in [6.07, 6.45) is 5.15. The second kappa shape index (κ2) is 4.40. The number of anilines is 1. The molecule has 3 rings (SSSR count). The topological polar surface area (TPSA) is 51.5 Å². The molecular weight excluding hydrogens is 252 g/mol. The zero-order valence-electron chi connectivity index (χ0n) is 10.2.